The standard InChI is InChI=1S/C45H52F4N8O5/c1-45(2,27-46)41(54-44(60)61-3)42(59)53-38(39(58)21-50-19-32-12-11-31(17-37(32)47)33-20-52-56(22-33)43(48)49)16-29-7-4-28(5-8-29)6-9-30-10-15-40(51-18-30)55-23-34-13-14-35(24-55)57(34)36-25-62-26-36/h4-5,7-8,10-12,15,17-18,20,22,34-36,38-39,41,43,50,58H,13-14,16,19,21,23-27H2,1-3H3,(H,53,59)(H,54,60)/t34?,35?,38-,39-,41+/m0/s1. The second kappa shape index (κ2) is 19.7. The summed E-state index contributed by atoms with van der Waals surface area (Å²) in [6.07, 6.45) is 4.51. The molecule has 3 aliphatic rings. The summed E-state index contributed by atoms with van der Waals surface area (Å²) in [6, 6.07) is 14.9. The van der Waals surface area contributed by atoms with Crippen LogP contribution in [0.15, 0.2) is 73.2 Å². The predicted octanol–water partition coefficient (Wildman–Crippen LogP) is 4.83. The molecule has 3 aliphatic heterocycles. The van der Waals surface area contributed by atoms with Gasteiger partial charge in [0.2, 0.25) is 5.91 Å². The number of nitrogens with zero attached hydrogens (tertiary/aromatic N) is 5. The molecule has 5 heterocycles. The van der Waals surface area contributed by atoms with Crippen LogP contribution >= 0.6 is 0 Å². The third kappa shape index (κ3) is 10.6. The van der Waals surface area contributed by atoms with Gasteiger partial charge in [-0.05, 0) is 60.7 Å². The quantitative estimate of drug-likeness (QED) is 0.0914. The van der Waals surface area contributed by atoms with E-state index in [2.05, 4.69) is 47.4 Å². The summed E-state index contributed by atoms with van der Waals surface area (Å²) in [5, 5.41) is 23.3. The number of hydrogen-bond acceptors (Lipinski definition) is 10. The molecule has 13 nitrogen and oxygen atoms in total. The van der Waals surface area contributed by atoms with Crippen molar-refractivity contribution in [2.75, 3.05) is 51.5 Å². The Bertz CT molecular complexity index is 2210. The zero-order chi connectivity index (χ0) is 44.0. The molecule has 330 valence electrons. The minimum absolute atomic E-state index is 0.0123. The van der Waals surface area contributed by atoms with Crippen LogP contribution in [-0.2, 0) is 27.2 Å². The molecule has 17 heteroatoms. The lowest BCUT2D eigenvalue weighted by Crippen LogP contribution is -2.62. The first kappa shape index (κ1) is 44.5. The number of alkyl carbamates (subject to hydrolysis) is 1. The van der Waals surface area contributed by atoms with E-state index in [0.717, 1.165) is 62.1 Å². The number of anilines is 1. The lowest BCUT2D eigenvalue weighted by Gasteiger charge is -2.47. The van der Waals surface area contributed by atoms with Crippen LogP contribution in [0.25, 0.3) is 11.1 Å². The van der Waals surface area contributed by atoms with Crippen molar-refractivity contribution in [3.63, 3.8) is 0 Å². The van der Waals surface area contributed by atoms with E-state index in [1.54, 1.807) is 12.3 Å². The Kier molecular flexibility index (Phi) is 14.1. The molecule has 7 rings (SSSR count). The predicted molar refractivity (Wildman–Crippen MR) is 223 cm³/mol. The topological polar surface area (TPSA) is 146 Å². The van der Waals surface area contributed by atoms with Gasteiger partial charge in [0.15, 0.2) is 0 Å². The summed E-state index contributed by atoms with van der Waals surface area (Å²) < 4.78 is 65.9. The maximum atomic E-state index is 15.1. The van der Waals surface area contributed by atoms with Crippen molar-refractivity contribution in [2.24, 2.45) is 5.41 Å². The fourth-order valence-electron chi connectivity index (χ4n) is 8.26. The van der Waals surface area contributed by atoms with E-state index < -0.39 is 54.6 Å². The Morgan fingerprint density at radius 3 is 2.27 bits per heavy atom. The third-order valence-corrected chi connectivity index (χ3v) is 11.9. The molecule has 4 aromatic rings. The molecule has 2 aromatic heterocycles. The van der Waals surface area contributed by atoms with Crippen LogP contribution < -0.4 is 20.9 Å². The second-order valence-corrected chi connectivity index (χ2v) is 16.8. The van der Waals surface area contributed by atoms with Crippen LogP contribution in [0.5, 0.6) is 0 Å². The van der Waals surface area contributed by atoms with Crippen molar-refractivity contribution in [3.05, 3.63) is 101 Å². The first-order valence-electron chi connectivity index (χ1n) is 20.7. The number of aliphatic hydroxyl groups excluding tert-OH is 1. The number of alkyl halides is 3. The number of fused-ring (bicyclic) bond motifs is 2. The highest BCUT2D eigenvalue weighted by molar-refractivity contribution is 5.86. The summed E-state index contributed by atoms with van der Waals surface area (Å²) in [6.45, 7) is 2.65. The molecular formula is C45H52F4N8O5. The number of pyridine rings is 1. The van der Waals surface area contributed by atoms with Gasteiger partial charge in [-0.2, -0.15) is 13.9 Å². The van der Waals surface area contributed by atoms with E-state index in [1.165, 1.54) is 45.0 Å². The first-order valence-corrected chi connectivity index (χ1v) is 20.7. The summed E-state index contributed by atoms with van der Waals surface area (Å²) in [7, 11) is 1.13. The van der Waals surface area contributed by atoms with Gasteiger partial charge >= 0.3 is 12.6 Å². The number of hydrogen-bond donors (Lipinski definition) is 4. The molecule has 0 saturated carbocycles. The maximum Gasteiger partial charge on any atom is 0.407 e. The van der Waals surface area contributed by atoms with E-state index >= 15 is 4.39 Å². The number of ether oxygens (including phenoxy) is 2. The van der Waals surface area contributed by atoms with Crippen LogP contribution in [0.3, 0.4) is 0 Å². The van der Waals surface area contributed by atoms with Crippen molar-refractivity contribution >= 4 is 17.8 Å². The molecule has 2 unspecified atom stereocenters. The van der Waals surface area contributed by atoms with Gasteiger partial charge in [0.1, 0.15) is 17.7 Å². The van der Waals surface area contributed by atoms with Crippen molar-refractivity contribution in [1.82, 2.24) is 35.6 Å². The zero-order valence-electron chi connectivity index (χ0n) is 34.9. The number of amides is 2. The molecule has 62 heavy (non-hydrogen) atoms. The van der Waals surface area contributed by atoms with Gasteiger partial charge in [-0.3, -0.25) is 14.1 Å². The largest absolute Gasteiger partial charge is 0.453 e. The number of benzene rings is 2. The van der Waals surface area contributed by atoms with Crippen molar-refractivity contribution in [3.8, 4) is 23.0 Å². The third-order valence-electron chi connectivity index (χ3n) is 11.9. The van der Waals surface area contributed by atoms with E-state index in [0.29, 0.717) is 33.9 Å². The van der Waals surface area contributed by atoms with Crippen molar-refractivity contribution < 1.29 is 41.7 Å². The van der Waals surface area contributed by atoms with Gasteiger partial charge in [0.25, 0.3) is 0 Å². The van der Waals surface area contributed by atoms with Gasteiger partial charge in [-0.25, -0.2) is 18.9 Å². The highest BCUT2D eigenvalue weighted by Crippen LogP contribution is 2.35. The van der Waals surface area contributed by atoms with Crippen LogP contribution in [0.4, 0.5) is 28.2 Å². The zero-order valence-corrected chi connectivity index (χ0v) is 34.9. The van der Waals surface area contributed by atoms with Crippen molar-refractivity contribution in [2.45, 2.75) is 82.5 Å². The Morgan fingerprint density at radius 2 is 1.68 bits per heavy atom. The molecule has 3 fully saturated rings. The van der Waals surface area contributed by atoms with Gasteiger partial charge in [-0.15, -0.1) is 0 Å². The van der Waals surface area contributed by atoms with E-state index in [1.807, 2.05) is 36.4 Å². The molecular weight excluding hydrogens is 809 g/mol. The number of methoxy groups -OCH3 is 1. The summed E-state index contributed by atoms with van der Waals surface area (Å²) in [5.74, 6) is 5.97. The Balaban J connectivity index is 0.995. The van der Waals surface area contributed by atoms with Crippen molar-refractivity contribution in [1.29, 1.82) is 0 Å². The maximum absolute atomic E-state index is 15.1. The molecule has 0 aliphatic carbocycles. The lowest BCUT2D eigenvalue weighted by molar-refractivity contribution is -0.127. The Morgan fingerprint density at radius 1 is 0.968 bits per heavy atom. The van der Waals surface area contributed by atoms with E-state index in [4.69, 9.17) is 9.72 Å². The van der Waals surface area contributed by atoms with Gasteiger partial charge in [0.05, 0.1) is 51.4 Å². The Labute approximate surface area is 358 Å². The SMILES string of the molecule is COC(=O)N[C@H](C(=O)N[C@@H](Cc1ccc(C#Cc2ccc(N3CC4CCC(C3)N4C3COC3)nc2)cc1)[C@@H](O)CNCc1ccc(-c2cnn(C(F)F)c2)cc1F)C(C)(C)CF. The minimum atomic E-state index is -2.83. The molecule has 2 aromatic carbocycles. The number of carbonyl (C=O) groups is 2. The number of aliphatic hydroxyl groups is 1. The summed E-state index contributed by atoms with van der Waals surface area (Å²) in [4.78, 5) is 35.6. The van der Waals surface area contributed by atoms with Gasteiger partial charge in [-0.1, -0.05) is 50.0 Å². The number of aromatic nitrogens is 3. The second-order valence-electron chi connectivity index (χ2n) is 16.8. The lowest BCUT2D eigenvalue weighted by atomic mass is 9.85. The molecule has 0 radical (unpaired) electrons. The van der Waals surface area contributed by atoms with Gasteiger partial charge < -0.3 is 35.4 Å². The average Bonchev–Trinajstić information content (AvgIpc) is 3.84. The van der Waals surface area contributed by atoms with Crippen LogP contribution in [-0.4, -0.2) is 120 Å². The van der Waals surface area contributed by atoms with E-state index in [9.17, 15) is 27.9 Å². The average molecular weight is 861 g/mol. The fourth-order valence-corrected chi connectivity index (χ4v) is 8.26. The Hall–Kier alpha value is -5.54. The summed E-state index contributed by atoms with van der Waals surface area (Å²) in [5.41, 5.74) is 1.85. The number of halogens is 4. The minimum Gasteiger partial charge on any atom is -0.453 e. The molecule has 5 atom stereocenters. The van der Waals surface area contributed by atoms with E-state index in [-0.39, 0.29) is 25.1 Å². The molecule has 2 amide bonds. The van der Waals surface area contributed by atoms with Crippen LogP contribution in [0.1, 0.15) is 55.5 Å². The number of rotatable bonds is 16. The fraction of sp³-hybridized carbons (Fsp3) is 0.467. The number of nitrogens with one attached hydrogen (secondary N) is 3. The van der Waals surface area contributed by atoms with Gasteiger partial charge in [0, 0.05) is 78.3 Å². The smallest absolute Gasteiger partial charge is 0.407 e. The molecule has 2 bridgehead atoms. The number of piperazine rings is 1. The van der Waals surface area contributed by atoms with Crippen LogP contribution in [0, 0.1) is 23.1 Å². The first-order chi connectivity index (χ1) is 29.8. The highest BCUT2D eigenvalue weighted by atomic mass is 19.3. The highest BCUT2D eigenvalue weighted by Gasteiger charge is 2.45. The monoisotopic (exact) mass is 860 g/mol. The normalized spacial score (nSPS) is 19.3. The van der Waals surface area contributed by atoms with Crippen LogP contribution in [0.2, 0.25) is 0 Å². The number of carbonyl (C=O) groups excluding carboxylic acids is 2. The summed E-state index contributed by atoms with van der Waals surface area (Å²) >= 11 is 0. The molecule has 0 spiro atoms. The molecule has 3 saturated heterocycles. The molecule has 4 N–H and O–H groups in total.